The Morgan fingerprint density at radius 2 is 1.95 bits per heavy atom. The first-order chi connectivity index (χ1) is 9.98. The molecule has 2 aromatic rings. The zero-order valence-corrected chi connectivity index (χ0v) is 13.6. The smallest absolute Gasteiger partial charge is 0.244 e. The molecule has 8 heteroatoms. The second-order valence-electron chi connectivity index (χ2n) is 5.13. The van der Waals surface area contributed by atoms with Gasteiger partial charge in [0.1, 0.15) is 0 Å². The SMILES string of the molecule is Cc1nc(-c2cc(S(=O)(=O)N3CCCCC3)c(C)s2)no1. The van der Waals surface area contributed by atoms with Crippen LogP contribution in [0.3, 0.4) is 0 Å². The Hall–Kier alpha value is -1.25. The largest absolute Gasteiger partial charge is 0.339 e. The summed E-state index contributed by atoms with van der Waals surface area (Å²) in [5.74, 6) is 0.914. The molecule has 0 atom stereocenters. The summed E-state index contributed by atoms with van der Waals surface area (Å²) in [6, 6.07) is 1.66. The van der Waals surface area contributed by atoms with Gasteiger partial charge in [0.25, 0.3) is 0 Å². The summed E-state index contributed by atoms with van der Waals surface area (Å²) in [5, 5.41) is 3.85. The van der Waals surface area contributed by atoms with E-state index in [2.05, 4.69) is 10.1 Å². The summed E-state index contributed by atoms with van der Waals surface area (Å²) in [5.41, 5.74) is 0. The number of rotatable bonds is 3. The average Bonchev–Trinajstić information content (AvgIpc) is 3.06. The van der Waals surface area contributed by atoms with Gasteiger partial charge in [-0.3, -0.25) is 0 Å². The number of nitrogens with zero attached hydrogens (tertiary/aromatic N) is 3. The lowest BCUT2D eigenvalue weighted by atomic mass is 10.2. The molecule has 0 saturated carbocycles. The summed E-state index contributed by atoms with van der Waals surface area (Å²) in [6.45, 7) is 4.74. The zero-order valence-electron chi connectivity index (χ0n) is 12.0. The first-order valence-corrected chi connectivity index (χ1v) is 9.15. The lowest BCUT2D eigenvalue weighted by molar-refractivity contribution is 0.346. The highest BCUT2D eigenvalue weighted by molar-refractivity contribution is 7.89. The van der Waals surface area contributed by atoms with Gasteiger partial charge in [0, 0.05) is 24.9 Å². The molecule has 0 bridgehead atoms. The van der Waals surface area contributed by atoms with Crippen LogP contribution in [0.4, 0.5) is 0 Å². The first-order valence-electron chi connectivity index (χ1n) is 6.90. The Kier molecular flexibility index (Phi) is 3.85. The summed E-state index contributed by atoms with van der Waals surface area (Å²) in [6.07, 6.45) is 2.96. The molecule has 6 nitrogen and oxygen atoms in total. The van der Waals surface area contributed by atoms with Crippen molar-refractivity contribution >= 4 is 21.4 Å². The van der Waals surface area contributed by atoms with E-state index in [1.54, 1.807) is 17.3 Å². The highest BCUT2D eigenvalue weighted by atomic mass is 32.2. The molecule has 0 unspecified atom stereocenters. The predicted octanol–water partition coefficient (Wildman–Crippen LogP) is 2.59. The number of hydrogen-bond acceptors (Lipinski definition) is 6. The molecular formula is C13H17N3O3S2. The van der Waals surface area contributed by atoms with Gasteiger partial charge in [-0.2, -0.15) is 9.29 Å². The van der Waals surface area contributed by atoms with Crippen LogP contribution in [0.25, 0.3) is 10.7 Å². The van der Waals surface area contributed by atoms with Crippen molar-refractivity contribution < 1.29 is 12.9 Å². The molecule has 2 aromatic heterocycles. The number of hydrogen-bond donors (Lipinski definition) is 0. The van der Waals surface area contributed by atoms with Crippen molar-refractivity contribution in [2.45, 2.75) is 38.0 Å². The third kappa shape index (κ3) is 2.75. The molecule has 0 aliphatic carbocycles. The molecule has 0 spiro atoms. The van der Waals surface area contributed by atoms with Crippen molar-refractivity contribution in [1.29, 1.82) is 0 Å². The monoisotopic (exact) mass is 327 g/mol. The molecule has 1 aliphatic rings. The van der Waals surface area contributed by atoms with E-state index in [1.807, 2.05) is 6.92 Å². The molecule has 0 aromatic carbocycles. The van der Waals surface area contributed by atoms with E-state index in [9.17, 15) is 8.42 Å². The molecular weight excluding hydrogens is 310 g/mol. The molecule has 0 N–H and O–H groups in total. The summed E-state index contributed by atoms with van der Waals surface area (Å²) < 4.78 is 32.0. The predicted molar refractivity (Wildman–Crippen MR) is 79.7 cm³/mol. The fourth-order valence-electron chi connectivity index (χ4n) is 2.48. The van der Waals surface area contributed by atoms with Gasteiger partial charge >= 0.3 is 0 Å². The van der Waals surface area contributed by atoms with Crippen molar-refractivity contribution in [3.8, 4) is 10.7 Å². The molecule has 1 aliphatic heterocycles. The number of sulfonamides is 1. The highest BCUT2D eigenvalue weighted by Gasteiger charge is 2.29. The third-order valence-electron chi connectivity index (χ3n) is 3.55. The highest BCUT2D eigenvalue weighted by Crippen LogP contribution is 2.34. The quantitative estimate of drug-likeness (QED) is 0.866. The molecule has 114 valence electrons. The lowest BCUT2D eigenvalue weighted by Gasteiger charge is -2.25. The number of piperidine rings is 1. The van der Waals surface area contributed by atoms with Gasteiger partial charge in [-0.25, -0.2) is 8.42 Å². The van der Waals surface area contributed by atoms with Crippen LogP contribution < -0.4 is 0 Å². The van der Waals surface area contributed by atoms with Crippen molar-refractivity contribution in [3.05, 3.63) is 16.8 Å². The number of thiophene rings is 1. The number of aryl methyl sites for hydroxylation is 2. The van der Waals surface area contributed by atoms with E-state index in [4.69, 9.17) is 4.52 Å². The molecule has 1 fully saturated rings. The fourth-order valence-corrected chi connectivity index (χ4v) is 5.48. The molecule has 1 saturated heterocycles. The molecule has 0 amide bonds. The normalized spacial score (nSPS) is 17.2. The minimum absolute atomic E-state index is 0.367. The van der Waals surface area contributed by atoms with Crippen molar-refractivity contribution in [2.24, 2.45) is 0 Å². The minimum atomic E-state index is -3.42. The zero-order chi connectivity index (χ0) is 15.0. The first kappa shape index (κ1) is 14.7. The van der Waals surface area contributed by atoms with Crippen LogP contribution in [0.5, 0.6) is 0 Å². The minimum Gasteiger partial charge on any atom is -0.339 e. The topological polar surface area (TPSA) is 76.3 Å². The van der Waals surface area contributed by atoms with Gasteiger partial charge in [0.15, 0.2) is 0 Å². The van der Waals surface area contributed by atoms with Crippen molar-refractivity contribution in [2.75, 3.05) is 13.1 Å². The Labute approximate surface area is 127 Å². The summed E-state index contributed by atoms with van der Waals surface area (Å²) in [4.78, 5) is 6.01. The Balaban J connectivity index is 1.97. The Morgan fingerprint density at radius 3 is 2.57 bits per heavy atom. The van der Waals surface area contributed by atoms with E-state index in [-0.39, 0.29) is 0 Å². The van der Waals surface area contributed by atoms with E-state index in [0.717, 1.165) is 29.0 Å². The van der Waals surface area contributed by atoms with E-state index >= 15 is 0 Å². The van der Waals surface area contributed by atoms with Gasteiger partial charge in [-0.1, -0.05) is 11.6 Å². The van der Waals surface area contributed by atoms with Crippen LogP contribution in [-0.4, -0.2) is 36.0 Å². The standard InChI is InChI=1S/C13H17N3O3S2/c1-9-12(21(17,18)16-6-4-3-5-7-16)8-11(20-9)13-14-10(2)19-15-13/h8H,3-7H2,1-2H3. The van der Waals surface area contributed by atoms with Crippen LogP contribution >= 0.6 is 11.3 Å². The maximum Gasteiger partial charge on any atom is 0.244 e. The van der Waals surface area contributed by atoms with E-state index in [1.165, 1.54) is 11.3 Å². The van der Waals surface area contributed by atoms with Crippen LogP contribution in [0.2, 0.25) is 0 Å². The van der Waals surface area contributed by atoms with Crippen molar-refractivity contribution in [1.82, 2.24) is 14.4 Å². The van der Waals surface area contributed by atoms with Gasteiger partial charge in [-0.15, -0.1) is 11.3 Å². The van der Waals surface area contributed by atoms with Gasteiger partial charge in [-0.05, 0) is 25.8 Å². The Bertz CT molecular complexity index is 743. The molecule has 21 heavy (non-hydrogen) atoms. The van der Waals surface area contributed by atoms with Crippen LogP contribution in [0.15, 0.2) is 15.5 Å². The van der Waals surface area contributed by atoms with Crippen LogP contribution in [0.1, 0.15) is 30.0 Å². The van der Waals surface area contributed by atoms with Crippen molar-refractivity contribution in [3.63, 3.8) is 0 Å². The summed E-state index contributed by atoms with van der Waals surface area (Å²) >= 11 is 1.38. The van der Waals surface area contributed by atoms with Gasteiger partial charge in [0.05, 0.1) is 9.77 Å². The maximum absolute atomic E-state index is 12.7. The van der Waals surface area contributed by atoms with Gasteiger partial charge < -0.3 is 4.52 Å². The molecule has 3 rings (SSSR count). The summed E-state index contributed by atoms with van der Waals surface area (Å²) in [7, 11) is -3.42. The molecule has 0 radical (unpaired) electrons. The number of aromatic nitrogens is 2. The fraction of sp³-hybridized carbons (Fsp3) is 0.538. The lowest BCUT2D eigenvalue weighted by Crippen LogP contribution is -2.35. The molecule has 3 heterocycles. The Morgan fingerprint density at radius 1 is 1.24 bits per heavy atom. The average molecular weight is 327 g/mol. The van der Waals surface area contributed by atoms with Gasteiger partial charge in [0.2, 0.25) is 21.7 Å². The maximum atomic E-state index is 12.7. The van der Waals surface area contributed by atoms with Crippen LogP contribution in [-0.2, 0) is 10.0 Å². The van der Waals surface area contributed by atoms with E-state index in [0.29, 0.717) is 29.7 Å². The second-order valence-corrected chi connectivity index (χ2v) is 8.30. The third-order valence-corrected chi connectivity index (χ3v) is 6.75. The van der Waals surface area contributed by atoms with E-state index < -0.39 is 10.0 Å². The second kappa shape index (κ2) is 5.51. The van der Waals surface area contributed by atoms with Crippen LogP contribution in [0, 0.1) is 13.8 Å².